The van der Waals surface area contributed by atoms with E-state index in [9.17, 15) is 9.59 Å². The lowest BCUT2D eigenvalue weighted by molar-refractivity contribution is -0.124. The van der Waals surface area contributed by atoms with Crippen molar-refractivity contribution in [3.63, 3.8) is 0 Å². The molecule has 0 bridgehead atoms. The van der Waals surface area contributed by atoms with Crippen LogP contribution in [-0.4, -0.2) is 16.7 Å². The fourth-order valence-corrected chi connectivity index (χ4v) is 1.44. The Balaban J connectivity index is 2.70. The second-order valence-corrected chi connectivity index (χ2v) is 2.78. The second-order valence-electron chi connectivity index (χ2n) is 1.80. The molecule has 1 heterocycles. The summed E-state index contributed by atoms with van der Waals surface area (Å²) in [6.45, 7) is 1.66. The van der Waals surface area contributed by atoms with Crippen LogP contribution in [0.2, 0.25) is 0 Å². The predicted octanol–water partition coefficient (Wildman–Crippen LogP) is 0.465. The minimum Gasteiger partial charge on any atom is -0.298 e. The number of thioether (sulfide) groups is 1. The van der Waals surface area contributed by atoms with E-state index in [0.717, 1.165) is 11.8 Å². The molecular formula is C5H6O2S. The molecule has 0 N–H and O–H groups in total. The molecule has 1 aliphatic rings. The van der Waals surface area contributed by atoms with Crippen molar-refractivity contribution >= 4 is 22.7 Å². The highest BCUT2D eigenvalue weighted by Gasteiger charge is 2.28. The van der Waals surface area contributed by atoms with Crippen LogP contribution in [0.15, 0.2) is 0 Å². The van der Waals surface area contributed by atoms with E-state index in [1.165, 1.54) is 0 Å². The van der Waals surface area contributed by atoms with Gasteiger partial charge in [-0.1, -0.05) is 11.8 Å². The molecule has 2 nitrogen and oxygen atoms in total. The number of rotatable bonds is 0. The summed E-state index contributed by atoms with van der Waals surface area (Å²) < 4.78 is 0. The molecule has 1 rings (SSSR count). The molecule has 1 atom stereocenters. The van der Waals surface area contributed by atoms with Gasteiger partial charge in [-0.05, 0) is 6.92 Å². The Kier molecular flexibility index (Phi) is 1.38. The van der Waals surface area contributed by atoms with Gasteiger partial charge in [0.25, 0.3) is 0 Å². The monoisotopic (exact) mass is 130 g/mol. The van der Waals surface area contributed by atoms with E-state index in [2.05, 4.69) is 0 Å². The average Bonchev–Trinajstić information content (AvgIpc) is 1.98. The first-order valence-corrected chi connectivity index (χ1v) is 3.39. The molecule has 0 aliphatic carbocycles. The van der Waals surface area contributed by atoms with Gasteiger partial charge in [0.1, 0.15) is 0 Å². The second kappa shape index (κ2) is 1.90. The maximum Gasteiger partial charge on any atom is 0.199 e. The maximum absolute atomic E-state index is 10.5. The first-order valence-electron chi connectivity index (χ1n) is 2.41. The van der Waals surface area contributed by atoms with Crippen molar-refractivity contribution in [2.45, 2.75) is 6.92 Å². The lowest BCUT2D eigenvalue weighted by Gasteiger charge is -1.89. The molecule has 1 unspecified atom stereocenters. The molecule has 8 heavy (non-hydrogen) atoms. The minimum atomic E-state index is -0.333. The van der Waals surface area contributed by atoms with E-state index >= 15 is 0 Å². The third-order valence-electron chi connectivity index (χ3n) is 1.19. The van der Waals surface area contributed by atoms with Crippen LogP contribution in [0.5, 0.6) is 0 Å². The largest absolute Gasteiger partial charge is 0.298 e. The molecule has 0 saturated carbocycles. The predicted molar refractivity (Wildman–Crippen MR) is 31.6 cm³/mol. The lowest BCUT2D eigenvalue weighted by Crippen LogP contribution is -2.09. The van der Waals surface area contributed by atoms with Crippen LogP contribution in [-0.2, 0) is 9.59 Å². The van der Waals surface area contributed by atoms with Crippen LogP contribution in [0.1, 0.15) is 6.92 Å². The zero-order chi connectivity index (χ0) is 6.15. The summed E-state index contributed by atoms with van der Waals surface area (Å²) in [5.41, 5.74) is 0. The molecule has 0 amide bonds. The van der Waals surface area contributed by atoms with Crippen LogP contribution in [0, 0.1) is 5.92 Å². The van der Waals surface area contributed by atoms with Gasteiger partial charge in [0, 0.05) is 0 Å². The Morgan fingerprint density at radius 1 is 1.62 bits per heavy atom. The molecule has 1 saturated heterocycles. The van der Waals surface area contributed by atoms with Gasteiger partial charge in [-0.2, -0.15) is 0 Å². The van der Waals surface area contributed by atoms with Crippen LogP contribution in [0.4, 0.5) is 0 Å². The highest BCUT2D eigenvalue weighted by Crippen LogP contribution is 2.21. The SMILES string of the molecule is CC1C(=O)CSC1=O. The Bertz CT molecular complexity index is 125. The normalized spacial score (nSPS) is 29.4. The zero-order valence-electron chi connectivity index (χ0n) is 4.51. The van der Waals surface area contributed by atoms with Crippen molar-refractivity contribution in [1.29, 1.82) is 0 Å². The number of hydrogen-bond donors (Lipinski definition) is 0. The zero-order valence-corrected chi connectivity index (χ0v) is 5.33. The first kappa shape index (κ1) is 5.82. The summed E-state index contributed by atoms with van der Waals surface area (Å²) in [5.74, 6) is 0.125. The molecule has 1 aliphatic heterocycles. The molecule has 0 aromatic carbocycles. The van der Waals surface area contributed by atoms with Crippen molar-refractivity contribution in [3.8, 4) is 0 Å². The molecule has 0 spiro atoms. The smallest absolute Gasteiger partial charge is 0.199 e. The van der Waals surface area contributed by atoms with Gasteiger partial charge in [0.15, 0.2) is 10.9 Å². The highest BCUT2D eigenvalue weighted by molar-refractivity contribution is 8.15. The Morgan fingerprint density at radius 3 is 2.38 bits per heavy atom. The molecule has 1 fully saturated rings. The molecule has 0 aromatic heterocycles. The summed E-state index contributed by atoms with van der Waals surface area (Å²) in [5, 5.41) is 0.0231. The summed E-state index contributed by atoms with van der Waals surface area (Å²) in [6, 6.07) is 0. The molecule has 44 valence electrons. The number of Topliss-reactive ketones (excluding diaryl/α,β-unsaturated/α-hetero) is 1. The number of hydrogen-bond acceptors (Lipinski definition) is 3. The van der Waals surface area contributed by atoms with Crippen molar-refractivity contribution in [3.05, 3.63) is 0 Å². The van der Waals surface area contributed by atoms with Gasteiger partial charge in [-0.15, -0.1) is 0 Å². The van der Waals surface area contributed by atoms with Gasteiger partial charge >= 0.3 is 0 Å². The van der Waals surface area contributed by atoms with Crippen LogP contribution in [0.25, 0.3) is 0 Å². The number of carbonyl (C=O) groups excluding carboxylic acids is 2. The van der Waals surface area contributed by atoms with Crippen molar-refractivity contribution in [1.82, 2.24) is 0 Å². The fourth-order valence-electron chi connectivity index (χ4n) is 0.524. The lowest BCUT2D eigenvalue weighted by atomic mass is 10.1. The van der Waals surface area contributed by atoms with E-state index in [1.807, 2.05) is 0 Å². The summed E-state index contributed by atoms with van der Waals surface area (Å²) in [6.07, 6.45) is 0. The van der Waals surface area contributed by atoms with Crippen LogP contribution >= 0.6 is 11.8 Å². The van der Waals surface area contributed by atoms with Gasteiger partial charge in [-0.3, -0.25) is 9.59 Å². The summed E-state index contributed by atoms with van der Waals surface area (Å²) in [4.78, 5) is 21.1. The van der Waals surface area contributed by atoms with Crippen LogP contribution < -0.4 is 0 Å². The Labute approximate surface area is 51.6 Å². The summed E-state index contributed by atoms with van der Waals surface area (Å²) >= 11 is 1.12. The van der Waals surface area contributed by atoms with E-state index in [-0.39, 0.29) is 16.8 Å². The Hall–Kier alpha value is -0.310. The molecule has 0 aromatic rings. The van der Waals surface area contributed by atoms with Gasteiger partial charge in [-0.25, -0.2) is 0 Å². The third-order valence-corrected chi connectivity index (χ3v) is 2.26. The first-order chi connectivity index (χ1) is 3.72. The van der Waals surface area contributed by atoms with Crippen molar-refractivity contribution < 1.29 is 9.59 Å². The standard InChI is InChI=1S/C5H6O2S/c1-3-4(6)2-8-5(3)7/h3H,2H2,1H3. The summed E-state index contributed by atoms with van der Waals surface area (Å²) in [7, 11) is 0. The number of ketones is 1. The van der Waals surface area contributed by atoms with Gasteiger partial charge in [0.05, 0.1) is 11.7 Å². The Morgan fingerprint density at radius 2 is 2.25 bits per heavy atom. The van der Waals surface area contributed by atoms with Crippen molar-refractivity contribution in [2.24, 2.45) is 5.92 Å². The minimum absolute atomic E-state index is 0.0231. The third kappa shape index (κ3) is 0.777. The molecule has 3 heteroatoms. The molecular weight excluding hydrogens is 124 g/mol. The fraction of sp³-hybridized carbons (Fsp3) is 0.600. The van der Waals surface area contributed by atoms with E-state index in [4.69, 9.17) is 0 Å². The number of carbonyl (C=O) groups is 2. The van der Waals surface area contributed by atoms with Crippen molar-refractivity contribution in [2.75, 3.05) is 5.75 Å². The van der Waals surface area contributed by atoms with E-state index in [1.54, 1.807) is 6.92 Å². The quantitative estimate of drug-likeness (QED) is 0.447. The van der Waals surface area contributed by atoms with Crippen LogP contribution in [0.3, 0.4) is 0 Å². The van der Waals surface area contributed by atoms with E-state index < -0.39 is 0 Å². The van der Waals surface area contributed by atoms with Gasteiger partial charge < -0.3 is 0 Å². The molecule has 0 radical (unpaired) electrons. The highest BCUT2D eigenvalue weighted by atomic mass is 32.2. The van der Waals surface area contributed by atoms with E-state index in [0.29, 0.717) is 5.75 Å². The average molecular weight is 130 g/mol. The topological polar surface area (TPSA) is 34.1 Å². The van der Waals surface area contributed by atoms with Gasteiger partial charge in [0.2, 0.25) is 0 Å². The maximum atomic E-state index is 10.5.